The number of anilines is 2. The predicted octanol–water partition coefficient (Wildman–Crippen LogP) is 4.86. The van der Waals surface area contributed by atoms with Crippen LogP contribution in [0.5, 0.6) is 0 Å². The summed E-state index contributed by atoms with van der Waals surface area (Å²) in [5.41, 5.74) is 12.3. The van der Waals surface area contributed by atoms with E-state index in [1.54, 1.807) is 23.2 Å². The summed E-state index contributed by atoms with van der Waals surface area (Å²) >= 11 is 0. The van der Waals surface area contributed by atoms with Crippen molar-refractivity contribution in [1.82, 2.24) is 9.97 Å². The van der Waals surface area contributed by atoms with Crippen molar-refractivity contribution in [3.8, 4) is 0 Å². The maximum absolute atomic E-state index is 14.0. The van der Waals surface area contributed by atoms with Gasteiger partial charge in [-0.3, -0.25) is 9.78 Å². The smallest absolute Gasteiger partial charge is 0.260 e. The van der Waals surface area contributed by atoms with Gasteiger partial charge in [0.2, 0.25) is 0 Å². The molecule has 2 aromatic carbocycles. The number of carbonyl (C=O) groups is 1. The Labute approximate surface area is 226 Å². The third kappa shape index (κ3) is 4.08. The highest BCUT2D eigenvalue weighted by molar-refractivity contribution is 7.91. The van der Waals surface area contributed by atoms with Gasteiger partial charge in [0.25, 0.3) is 5.91 Å². The van der Waals surface area contributed by atoms with Gasteiger partial charge in [0, 0.05) is 28.8 Å². The van der Waals surface area contributed by atoms with Gasteiger partial charge in [0.15, 0.2) is 9.84 Å². The summed E-state index contributed by atoms with van der Waals surface area (Å²) in [5.74, 6) is 0.662. The molecule has 1 unspecified atom stereocenters. The minimum absolute atomic E-state index is 0.0454. The molecule has 7 rings (SSSR count). The van der Waals surface area contributed by atoms with Crippen molar-refractivity contribution in [1.29, 1.82) is 0 Å². The Balaban J connectivity index is 1.32. The predicted molar refractivity (Wildman–Crippen MR) is 148 cm³/mol. The molecule has 2 aromatic heterocycles. The van der Waals surface area contributed by atoms with Gasteiger partial charge in [-0.05, 0) is 67.1 Å². The van der Waals surface area contributed by atoms with Crippen molar-refractivity contribution in [2.45, 2.75) is 56.3 Å². The number of benzene rings is 2. The number of hydrogen-bond donors (Lipinski definition) is 1. The number of fused-ring (bicyclic) bond motifs is 4. The molecule has 0 spiro atoms. The van der Waals surface area contributed by atoms with Gasteiger partial charge in [0.1, 0.15) is 5.82 Å². The number of hydrogen-bond acceptors (Lipinski definition) is 7. The molecule has 2 N–H and O–H groups in total. The molecular weight excluding hydrogens is 512 g/mol. The molecule has 3 aliphatic rings. The molecule has 4 aromatic rings. The molecule has 1 aliphatic carbocycles. The Kier molecular flexibility index (Phi) is 5.50. The van der Waals surface area contributed by atoms with Gasteiger partial charge in [-0.2, -0.15) is 0 Å². The van der Waals surface area contributed by atoms with Crippen LogP contribution in [-0.2, 0) is 34.1 Å². The summed E-state index contributed by atoms with van der Waals surface area (Å²) in [7, 11) is -3.50. The highest BCUT2D eigenvalue weighted by Gasteiger charge is 2.34. The monoisotopic (exact) mass is 540 g/mol. The van der Waals surface area contributed by atoms with E-state index in [0.29, 0.717) is 36.0 Å². The molecule has 1 atom stereocenters. The van der Waals surface area contributed by atoms with E-state index in [0.717, 1.165) is 51.7 Å². The zero-order valence-corrected chi connectivity index (χ0v) is 22.4. The number of rotatable bonds is 5. The highest BCUT2D eigenvalue weighted by Crippen LogP contribution is 2.40. The van der Waals surface area contributed by atoms with E-state index in [-0.39, 0.29) is 29.2 Å². The number of carbonyl (C=O) groups excluding carboxylic acids is 1. The number of sulfone groups is 1. The zero-order chi connectivity index (χ0) is 26.9. The Morgan fingerprint density at radius 1 is 1.15 bits per heavy atom. The van der Waals surface area contributed by atoms with Crippen LogP contribution in [0.25, 0.3) is 10.9 Å². The van der Waals surface area contributed by atoms with Crippen LogP contribution in [0, 0.1) is 0 Å². The molecule has 198 valence electrons. The SMILES string of the molecule is CC1OCc2c1c(N)nc1cc(CN(C(=O)c3ccc(C4CC4)nc3)c3cccc4c3S(=O)(=O)CC4)ccc21. The van der Waals surface area contributed by atoms with E-state index < -0.39 is 9.84 Å². The first-order chi connectivity index (χ1) is 18.8. The topological polar surface area (TPSA) is 115 Å². The van der Waals surface area contributed by atoms with E-state index in [9.17, 15) is 13.2 Å². The van der Waals surface area contributed by atoms with Crippen molar-refractivity contribution >= 4 is 38.2 Å². The maximum Gasteiger partial charge on any atom is 0.260 e. The number of nitrogen functional groups attached to an aromatic ring is 1. The van der Waals surface area contributed by atoms with Crippen LogP contribution >= 0.6 is 0 Å². The Morgan fingerprint density at radius 2 is 2.00 bits per heavy atom. The third-order valence-corrected chi connectivity index (χ3v) is 9.88. The highest BCUT2D eigenvalue weighted by atomic mass is 32.2. The molecule has 9 heteroatoms. The summed E-state index contributed by atoms with van der Waals surface area (Å²) in [6, 6.07) is 14.9. The van der Waals surface area contributed by atoms with Crippen molar-refractivity contribution in [2.24, 2.45) is 0 Å². The Hall–Kier alpha value is -3.82. The van der Waals surface area contributed by atoms with Gasteiger partial charge in [-0.1, -0.05) is 24.3 Å². The lowest BCUT2D eigenvalue weighted by Gasteiger charge is -2.25. The molecule has 4 heterocycles. The second-order valence-corrected chi connectivity index (χ2v) is 12.7. The first-order valence-electron chi connectivity index (χ1n) is 13.2. The normalized spacial score (nSPS) is 19.2. The average Bonchev–Trinajstić information content (AvgIpc) is 3.64. The number of nitrogens with zero attached hydrogens (tertiary/aromatic N) is 3. The fourth-order valence-electron chi connectivity index (χ4n) is 5.86. The molecule has 0 saturated heterocycles. The molecular formula is C30H28N4O4S. The molecule has 0 bridgehead atoms. The summed E-state index contributed by atoms with van der Waals surface area (Å²) in [6.07, 6.45) is 4.18. The number of aryl methyl sites for hydroxylation is 1. The average molecular weight is 541 g/mol. The summed E-state index contributed by atoms with van der Waals surface area (Å²) < 4.78 is 32.0. The number of aromatic nitrogens is 2. The van der Waals surface area contributed by atoms with Crippen molar-refractivity contribution in [3.05, 3.63) is 88.2 Å². The lowest BCUT2D eigenvalue weighted by molar-refractivity contribution is 0.0801. The van der Waals surface area contributed by atoms with Crippen LogP contribution in [0.15, 0.2) is 59.6 Å². The van der Waals surface area contributed by atoms with E-state index in [1.165, 1.54) is 0 Å². The first kappa shape index (κ1) is 24.2. The molecule has 8 nitrogen and oxygen atoms in total. The van der Waals surface area contributed by atoms with Crippen LogP contribution in [0.4, 0.5) is 11.5 Å². The fourth-order valence-corrected chi connectivity index (χ4v) is 7.62. The van der Waals surface area contributed by atoms with E-state index in [4.69, 9.17) is 10.5 Å². The van der Waals surface area contributed by atoms with Crippen LogP contribution in [0.3, 0.4) is 0 Å². The Morgan fingerprint density at radius 3 is 2.77 bits per heavy atom. The van der Waals surface area contributed by atoms with Crippen molar-refractivity contribution in [2.75, 3.05) is 16.4 Å². The van der Waals surface area contributed by atoms with E-state index in [2.05, 4.69) is 9.97 Å². The number of pyridine rings is 2. The van der Waals surface area contributed by atoms with E-state index >= 15 is 0 Å². The summed E-state index contributed by atoms with van der Waals surface area (Å²) in [5, 5.41) is 0.966. The van der Waals surface area contributed by atoms with Gasteiger partial charge >= 0.3 is 0 Å². The van der Waals surface area contributed by atoms with Crippen LogP contribution in [0.2, 0.25) is 0 Å². The van der Waals surface area contributed by atoms with Crippen LogP contribution < -0.4 is 10.6 Å². The van der Waals surface area contributed by atoms with Crippen LogP contribution in [-0.4, -0.2) is 30.0 Å². The van der Waals surface area contributed by atoms with Gasteiger partial charge < -0.3 is 15.4 Å². The summed E-state index contributed by atoms with van der Waals surface area (Å²) in [6.45, 7) is 2.60. The van der Waals surface area contributed by atoms with Crippen LogP contribution in [0.1, 0.15) is 70.1 Å². The van der Waals surface area contributed by atoms with Gasteiger partial charge in [-0.15, -0.1) is 0 Å². The lowest BCUT2D eigenvalue weighted by Crippen LogP contribution is -2.31. The van der Waals surface area contributed by atoms with Crippen molar-refractivity contribution in [3.63, 3.8) is 0 Å². The minimum atomic E-state index is -3.50. The fraction of sp³-hybridized carbons (Fsp3) is 0.300. The number of ether oxygens (including phenoxy) is 1. The molecule has 39 heavy (non-hydrogen) atoms. The minimum Gasteiger partial charge on any atom is -0.383 e. The standard InChI is InChI=1S/C30H28N4O4S/c1-17-27-23(16-38-17)22-9-5-18(13-25(22)33-29(27)31)15-34(26-4-2-3-20-11-12-39(36,37)28(20)26)30(35)21-8-10-24(32-14-21)19-6-7-19/h2-5,8-10,13-14,17,19H,6-7,11-12,15-16H2,1H3,(H2,31,33). The number of amides is 1. The van der Waals surface area contributed by atoms with Crippen molar-refractivity contribution < 1.29 is 17.9 Å². The van der Waals surface area contributed by atoms with Gasteiger partial charge in [0.05, 0.1) is 46.7 Å². The quantitative estimate of drug-likeness (QED) is 0.384. The largest absolute Gasteiger partial charge is 0.383 e. The lowest BCUT2D eigenvalue weighted by atomic mass is 10.0. The first-order valence-corrected chi connectivity index (χ1v) is 14.9. The number of nitrogens with two attached hydrogens (primary N) is 1. The molecule has 1 fully saturated rings. The van der Waals surface area contributed by atoms with Gasteiger partial charge in [-0.25, -0.2) is 13.4 Å². The van der Waals surface area contributed by atoms with E-state index in [1.807, 2.05) is 43.3 Å². The second-order valence-electron chi connectivity index (χ2n) is 10.7. The summed E-state index contributed by atoms with van der Waals surface area (Å²) in [4.78, 5) is 25.0. The third-order valence-electron chi connectivity index (χ3n) is 8.05. The molecule has 2 aliphatic heterocycles. The molecule has 1 amide bonds. The zero-order valence-electron chi connectivity index (χ0n) is 21.6. The molecule has 0 radical (unpaired) electrons. The maximum atomic E-state index is 14.0. The Bertz CT molecular complexity index is 1760. The molecule has 1 saturated carbocycles. The second kappa shape index (κ2) is 8.86.